The summed E-state index contributed by atoms with van der Waals surface area (Å²) in [5, 5.41) is 13.1. The van der Waals surface area contributed by atoms with Crippen molar-refractivity contribution in [3.05, 3.63) is 78.0 Å². The van der Waals surface area contributed by atoms with Gasteiger partial charge >= 0.3 is 5.97 Å². The molecular weight excluding hydrogens is 440 g/mol. The van der Waals surface area contributed by atoms with Crippen molar-refractivity contribution >= 4 is 21.7 Å². The molecule has 1 heterocycles. The first kappa shape index (κ1) is 23.0. The Morgan fingerprint density at radius 1 is 1.03 bits per heavy atom. The number of carboxylic acids is 1. The lowest BCUT2D eigenvalue weighted by Gasteiger charge is -2.39. The van der Waals surface area contributed by atoms with Crippen molar-refractivity contribution in [3.63, 3.8) is 0 Å². The van der Waals surface area contributed by atoms with Gasteiger partial charge in [-0.25, -0.2) is 8.42 Å². The van der Waals surface area contributed by atoms with Crippen molar-refractivity contribution in [1.29, 1.82) is 0 Å². The van der Waals surface area contributed by atoms with Crippen molar-refractivity contribution in [2.75, 3.05) is 18.8 Å². The standard InChI is InChI=1S/C25H28N2O5S/c28-23(27-16-13-25(14-17-27,24(29)30)20-5-2-1-3-6-20)19-7-11-22(12-8-19)33(31,32)18-4-15-26-21-9-10-21/h1-8,11-12,15,21,26H,9-10,13-14,16-18H2,(H,29,30). The summed E-state index contributed by atoms with van der Waals surface area (Å²) >= 11 is 0. The molecule has 2 N–H and O–H groups in total. The summed E-state index contributed by atoms with van der Waals surface area (Å²) < 4.78 is 25.0. The highest BCUT2D eigenvalue weighted by Crippen LogP contribution is 2.36. The quantitative estimate of drug-likeness (QED) is 0.617. The molecule has 1 saturated heterocycles. The predicted octanol–water partition coefficient (Wildman–Crippen LogP) is 2.98. The smallest absolute Gasteiger partial charge is 0.314 e. The van der Waals surface area contributed by atoms with Crippen LogP contribution >= 0.6 is 0 Å². The van der Waals surface area contributed by atoms with Crippen LogP contribution in [-0.4, -0.2) is 55.2 Å². The minimum atomic E-state index is -3.48. The van der Waals surface area contributed by atoms with E-state index in [9.17, 15) is 23.1 Å². The molecule has 2 aliphatic rings. The van der Waals surface area contributed by atoms with Gasteiger partial charge in [-0.1, -0.05) is 36.4 Å². The second-order valence-corrected chi connectivity index (χ2v) is 10.7. The first-order chi connectivity index (χ1) is 15.8. The van der Waals surface area contributed by atoms with Gasteiger partial charge in [0.05, 0.1) is 16.1 Å². The molecule has 2 aromatic rings. The fourth-order valence-corrected chi connectivity index (χ4v) is 5.28. The number of amides is 1. The summed E-state index contributed by atoms with van der Waals surface area (Å²) in [6.45, 7) is 0.637. The first-order valence-corrected chi connectivity index (χ1v) is 12.8. The van der Waals surface area contributed by atoms with Gasteiger partial charge in [-0.15, -0.1) is 0 Å². The average Bonchev–Trinajstić information content (AvgIpc) is 3.66. The third-order valence-corrected chi connectivity index (χ3v) is 8.06. The molecule has 2 fully saturated rings. The van der Waals surface area contributed by atoms with E-state index < -0.39 is 21.2 Å². The fraction of sp³-hybridized carbons (Fsp3) is 0.360. The van der Waals surface area contributed by atoms with Crippen molar-refractivity contribution in [3.8, 4) is 0 Å². The van der Waals surface area contributed by atoms with Crippen LogP contribution in [0.5, 0.6) is 0 Å². The van der Waals surface area contributed by atoms with Gasteiger partial charge in [-0.3, -0.25) is 9.59 Å². The molecular formula is C25H28N2O5S. The maximum absolute atomic E-state index is 13.0. The van der Waals surface area contributed by atoms with E-state index in [0.29, 0.717) is 37.5 Å². The SMILES string of the molecule is O=C(c1ccc(S(=O)(=O)CC=CNC2CC2)cc1)N1CCC(C(=O)O)(c2ccccc2)CC1. The zero-order valence-electron chi connectivity index (χ0n) is 18.3. The Labute approximate surface area is 194 Å². The van der Waals surface area contributed by atoms with Crippen molar-refractivity contribution in [1.82, 2.24) is 10.2 Å². The third kappa shape index (κ3) is 5.11. The maximum Gasteiger partial charge on any atom is 0.314 e. The zero-order valence-corrected chi connectivity index (χ0v) is 19.1. The van der Waals surface area contributed by atoms with Crippen LogP contribution in [0.15, 0.2) is 71.8 Å². The number of piperidine rings is 1. The van der Waals surface area contributed by atoms with Gasteiger partial charge < -0.3 is 15.3 Å². The minimum absolute atomic E-state index is 0.108. The molecule has 1 aliphatic carbocycles. The number of nitrogens with zero attached hydrogens (tertiary/aromatic N) is 1. The molecule has 1 aliphatic heterocycles. The Morgan fingerprint density at radius 3 is 2.24 bits per heavy atom. The Hall–Kier alpha value is -3.13. The largest absolute Gasteiger partial charge is 0.481 e. The summed E-state index contributed by atoms with van der Waals surface area (Å²) in [6, 6.07) is 15.6. The molecule has 4 rings (SSSR count). The van der Waals surface area contributed by atoms with Crippen LogP contribution in [0.3, 0.4) is 0 Å². The molecule has 0 unspecified atom stereocenters. The number of carbonyl (C=O) groups is 2. The fourth-order valence-electron chi connectivity index (χ4n) is 4.19. The molecule has 174 valence electrons. The normalized spacial score (nSPS) is 18.2. The van der Waals surface area contributed by atoms with Gasteiger partial charge in [0, 0.05) is 24.7 Å². The number of carbonyl (C=O) groups excluding carboxylic acids is 1. The van der Waals surface area contributed by atoms with Gasteiger partial charge in [-0.05, 0) is 61.7 Å². The van der Waals surface area contributed by atoms with Crippen molar-refractivity contribution in [2.45, 2.75) is 42.0 Å². The Balaban J connectivity index is 1.39. The van der Waals surface area contributed by atoms with Crippen LogP contribution in [0.1, 0.15) is 41.6 Å². The number of aliphatic carboxylic acids is 1. The number of benzene rings is 2. The van der Waals surface area contributed by atoms with E-state index in [0.717, 1.165) is 18.4 Å². The van der Waals surface area contributed by atoms with E-state index in [2.05, 4.69) is 5.32 Å². The highest BCUT2D eigenvalue weighted by molar-refractivity contribution is 7.91. The molecule has 0 atom stereocenters. The van der Waals surface area contributed by atoms with E-state index in [1.165, 1.54) is 24.3 Å². The zero-order chi connectivity index (χ0) is 23.5. The number of nitrogens with one attached hydrogen (secondary N) is 1. The number of hydrogen-bond acceptors (Lipinski definition) is 5. The van der Waals surface area contributed by atoms with Gasteiger partial charge in [0.25, 0.3) is 5.91 Å². The second-order valence-electron chi connectivity index (χ2n) is 8.69. The molecule has 0 aromatic heterocycles. The molecule has 33 heavy (non-hydrogen) atoms. The number of carboxylic acid groups (broad SMARTS) is 1. The van der Waals surface area contributed by atoms with E-state index in [4.69, 9.17) is 0 Å². The highest BCUT2D eigenvalue weighted by Gasteiger charge is 2.43. The van der Waals surface area contributed by atoms with E-state index in [-0.39, 0.29) is 16.6 Å². The van der Waals surface area contributed by atoms with Crippen LogP contribution in [0.25, 0.3) is 0 Å². The number of likely N-dealkylation sites (tertiary alicyclic amines) is 1. The molecule has 1 saturated carbocycles. The second kappa shape index (κ2) is 9.39. The summed E-state index contributed by atoms with van der Waals surface area (Å²) in [7, 11) is -3.48. The van der Waals surface area contributed by atoms with Crippen molar-refractivity contribution in [2.24, 2.45) is 0 Å². The van der Waals surface area contributed by atoms with Gasteiger partial charge in [0.2, 0.25) is 0 Å². The molecule has 8 heteroatoms. The summed E-state index contributed by atoms with van der Waals surface area (Å²) in [6.07, 6.45) is 6.18. The van der Waals surface area contributed by atoms with Gasteiger partial charge in [0.1, 0.15) is 0 Å². The highest BCUT2D eigenvalue weighted by atomic mass is 32.2. The molecule has 0 bridgehead atoms. The van der Waals surface area contributed by atoms with Gasteiger partial charge in [0.15, 0.2) is 9.84 Å². The number of rotatable bonds is 8. The molecule has 0 radical (unpaired) electrons. The first-order valence-electron chi connectivity index (χ1n) is 11.1. The monoisotopic (exact) mass is 468 g/mol. The summed E-state index contributed by atoms with van der Waals surface area (Å²) in [5.41, 5.74) is 0.140. The van der Waals surface area contributed by atoms with Crippen LogP contribution in [-0.2, 0) is 20.0 Å². The molecule has 7 nitrogen and oxygen atoms in total. The molecule has 2 aromatic carbocycles. The van der Waals surface area contributed by atoms with Crippen LogP contribution in [0, 0.1) is 0 Å². The maximum atomic E-state index is 13.0. The third-order valence-electron chi connectivity index (χ3n) is 6.44. The van der Waals surface area contributed by atoms with Crippen LogP contribution < -0.4 is 5.32 Å². The van der Waals surface area contributed by atoms with Crippen LogP contribution in [0.2, 0.25) is 0 Å². The molecule has 1 amide bonds. The Bertz CT molecular complexity index is 1130. The minimum Gasteiger partial charge on any atom is -0.481 e. The molecule has 0 spiro atoms. The summed E-state index contributed by atoms with van der Waals surface area (Å²) in [5.74, 6) is -1.21. The van der Waals surface area contributed by atoms with E-state index in [1.54, 1.807) is 17.2 Å². The van der Waals surface area contributed by atoms with Gasteiger partial charge in [-0.2, -0.15) is 0 Å². The average molecular weight is 469 g/mol. The van der Waals surface area contributed by atoms with E-state index in [1.807, 2.05) is 30.3 Å². The number of hydrogen-bond donors (Lipinski definition) is 2. The Kier molecular flexibility index (Phi) is 6.56. The lowest BCUT2D eigenvalue weighted by molar-refractivity contribution is -0.145. The summed E-state index contributed by atoms with van der Waals surface area (Å²) in [4.78, 5) is 26.9. The Morgan fingerprint density at radius 2 is 1.67 bits per heavy atom. The predicted molar refractivity (Wildman–Crippen MR) is 125 cm³/mol. The van der Waals surface area contributed by atoms with Crippen LogP contribution in [0.4, 0.5) is 0 Å². The van der Waals surface area contributed by atoms with E-state index >= 15 is 0 Å². The number of sulfone groups is 1. The van der Waals surface area contributed by atoms with Crippen molar-refractivity contribution < 1.29 is 23.1 Å². The topological polar surface area (TPSA) is 104 Å². The lowest BCUT2D eigenvalue weighted by atomic mass is 9.73. The lowest BCUT2D eigenvalue weighted by Crippen LogP contribution is -2.49.